The first kappa shape index (κ1) is 11.2. The first-order chi connectivity index (χ1) is 6.86. The van der Waals surface area contributed by atoms with E-state index in [0.29, 0.717) is 6.54 Å². The Morgan fingerprint density at radius 2 is 2.36 bits per heavy atom. The van der Waals surface area contributed by atoms with Gasteiger partial charge in [0.25, 0.3) is 0 Å². The summed E-state index contributed by atoms with van der Waals surface area (Å²) >= 11 is 0. The van der Waals surface area contributed by atoms with Crippen LogP contribution in [-0.4, -0.2) is 38.3 Å². The van der Waals surface area contributed by atoms with Gasteiger partial charge in [-0.25, -0.2) is 0 Å². The molecular weight excluding hydrogens is 180 g/mol. The zero-order valence-corrected chi connectivity index (χ0v) is 8.61. The van der Waals surface area contributed by atoms with Crippen molar-refractivity contribution in [3.05, 3.63) is 24.2 Å². The molecule has 80 valence electrons. The van der Waals surface area contributed by atoms with Crippen molar-refractivity contribution in [1.82, 2.24) is 4.90 Å². The number of rotatable bonds is 7. The van der Waals surface area contributed by atoms with E-state index in [1.165, 1.54) is 0 Å². The lowest BCUT2D eigenvalue weighted by Crippen LogP contribution is -2.31. The zero-order valence-electron chi connectivity index (χ0n) is 8.61. The quantitative estimate of drug-likeness (QED) is 0.700. The Morgan fingerprint density at radius 1 is 1.50 bits per heavy atom. The Balaban J connectivity index is 2.34. The van der Waals surface area contributed by atoms with Gasteiger partial charge in [-0.05, 0) is 12.1 Å². The Bertz CT molecular complexity index is 224. The fraction of sp³-hybridized carbons (Fsp3) is 0.600. The molecule has 0 bridgehead atoms. The maximum absolute atomic E-state index is 5.52. The van der Waals surface area contributed by atoms with Crippen molar-refractivity contribution in [2.24, 2.45) is 5.73 Å². The van der Waals surface area contributed by atoms with Gasteiger partial charge in [-0.15, -0.1) is 0 Å². The van der Waals surface area contributed by atoms with Crippen molar-refractivity contribution >= 4 is 0 Å². The van der Waals surface area contributed by atoms with E-state index < -0.39 is 0 Å². The third kappa shape index (κ3) is 3.91. The van der Waals surface area contributed by atoms with E-state index in [0.717, 1.165) is 32.0 Å². The van der Waals surface area contributed by atoms with E-state index in [9.17, 15) is 0 Å². The van der Waals surface area contributed by atoms with Gasteiger partial charge in [-0.3, -0.25) is 4.90 Å². The summed E-state index contributed by atoms with van der Waals surface area (Å²) < 4.78 is 10.3. The van der Waals surface area contributed by atoms with Gasteiger partial charge in [0.05, 0.1) is 19.4 Å². The minimum atomic E-state index is 0.657. The average Bonchev–Trinajstić information content (AvgIpc) is 2.67. The summed E-state index contributed by atoms with van der Waals surface area (Å²) in [6.45, 7) is 3.93. The number of furan rings is 1. The SMILES string of the molecule is COCCN(CCN)Cc1ccco1. The fourth-order valence-electron chi connectivity index (χ4n) is 1.30. The standard InChI is InChI=1S/C10H18N2O2/c1-13-8-6-12(5-4-11)9-10-3-2-7-14-10/h2-3,7H,4-6,8-9,11H2,1H3. The van der Waals surface area contributed by atoms with Gasteiger partial charge in [-0.1, -0.05) is 0 Å². The van der Waals surface area contributed by atoms with Crippen molar-refractivity contribution in [3.8, 4) is 0 Å². The Kier molecular flexibility index (Phi) is 5.29. The van der Waals surface area contributed by atoms with Crippen molar-refractivity contribution < 1.29 is 9.15 Å². The summed E-state index contributed by atoms with van der Waals surface area (Å²) in [5.41, 5.74) is 5.52. The molecule has 0 saturated heterocycles. The molecule has 0 radical (unpaired) electrons. The monoisotopic (exact) mass is 198 g/mol. The number of hydrogen-bond donors (Lipinski definition) is 1. The van der Waals surface area contributed by atoms with E-state index in [1.54, 1.807) is 13.4 Å². The van der Waals surface area contributed by atoms with Gasteiger partial charge in [0.1, 0.15) is 5.76 Å². The first-order valence-electron chi connectivity index (χ1n) is 4.80. The summed E-state index contributed by atoms with van der Waals surface area (Å²) in [4.78, 5) is 2.21. The molecule has 0 aliphatic heterocycles. The largest absolute Gasteiger partial charge is 0.468 e. The van der Waals surface area contributed by atoms with Crippen molar-refractivity contribution in [2.75, 3.05) is 33.4 Å². The molecule has 4 nitrogen and oxygen atoms in total. The van der Waals surface area contributed by atoms with Crippen LogP contribution in [0.2, 0.25) is 0 Å². The van der Waals surface area contributed by atoms with Gasteiger partial charge >= 0.3 is 0 Å². The van der Waals surface area contributed by atoms with Crippen LogP contribution in [0, 0.1) is 0 Å². The highest BCUT2D eigenvalue weighted by Crippen LogP contribution is 2.04. The predicted molar refractivity (Wildman–Crippen MR) is 54.9 cm³/mol. The number of nitrogens with two attached hydrogens (primary N) is 1. The highest BCUT2D eigenvalue weighted by Gasteiger charge is 2.05. The van der Waals surface area contributed by atoms with Crippen molar-refractivity contribution in [2.45, 2.75) is 6.54 Å². The number of ether oxygens (including phenoxy) is 1. The number of hydrogen-bond acceptors (Lipinski definition) is 4. The summed E-state index contributed by atoms with van der Waals surface area (Å²) in [6.07, 6.45) is 1.69. The number of nitrogens with zero attached hydrogens (tertiary/aromatic N) is 1. The molecule has 0 aliphatic carbocycles. The second-order valence-electron chi connectivity index (χ2n) is 3.14. The lowest BCUT2D eigenvalue weighted by Gasteiger charge is -2.19. The van der Waals surface area contributed by atoms with Crippen LogP contribution in [0.3, 0.4) is 0 Å². The highest BCUT2D eigenvalue weighted by molar-refractivity contribution is 4.97. The maximum atomic E-state index is 5.52. The molecule has 0 fully saturated rings. The molecular formula is C10H18N2O2. The first-order valence-corrected chi connectivity index (χ1v) is 4.80. The fourth-order valence-corrected chi connectivity index (χ4v) is 1.30. The molecule has 1 heterocycles. The third-order valence-corrected chi connectivity index (χ3v) is 2.02. The van der Waals surface area contributed by atoms with Crippen LogP contribution in [0.15, 0.2) is 22.8 Å². The summed E-state index contributed by atoms with van der Waals surface area (Å²) in [5.74, 6) is 0.967. The van der Waals surface area contributed by atoms with Crippen LogP contribution in [-0.2, 0) is 11.3 Å². The van der Waals surface area contributed by atoms with Gasteiger partial charge in [-0.2, -0.15) is 0 Å². The second kappa shape index (κ2) is 6.59. The molecule has 0 aliphatic rings. The van der Waals surface area contributed by atoms with Crippen LogP contribution >= 0.6 is 0 Å². The van der Waals surface area contributed by atoms with Crippen molar-refractivity contribution in [1.29, 1.82) is 0 Å². The van der Waals surface area contributed by atoms with Crippen LogP contribution in [0.1, 0.15) is 5.76 Å². The molecule has 14 heavy (non-hydrogen) atoms. The summed E-state index contributed by atoms with van der Waals surface area (Å²) in [7, 11) is 1.70. The van der Waals surface area contributed by atoms with Gasteiger partial charge in [0.2, 0.25) is 0 Å². The lowest BCUT2D eigenvalue weighted by atomic mass is 10.4. The Labute approximate surface area is 84.6 Å². The Morgan fingerprint density at radius 3 is 2.93 bits per heavy atom. The molecule has 0 unspecified atom stereocenters. The normalized spacial score (nSPS) is 11.1. The molecule has 1 aromatic heterocycles. The van der Waals surface area contributed by atoms with Gasteiger partial charge in [0.15, 0.2) is 0 Å². The van der Waals surface area contributed by atoms with E-state index in [1.807, 2.05) is 12.1 Å². The molecule has 4 heteroatoms. The average molecular weight is 198 g/mol. The Hall–Kier alpha value is -0.840. The summed E-state index contributed by atoms with van der Waals surface area (Å²) in [6, 6.07) is 3.86. The second-order valence-corrected chi connectivity index (χ2v) is 3.14. The van der Waals surface area contributed by atoms with E-state index >= 15 is 0 Å². The van der Waals surface area contributed by atoms with Crippen LogP contribution in [0.4, 0.5) is 0 Å². The minimum absolute atomic E-state index is 0.657. The topological polar surface area (TPSA) is 51.6 Å². The van der Waals surface area contributed by atoms with E-state index in [-0.39, 0.29) is 0 Å². The molecule has 0 saturated carbocycles. The molecule has 0 aromatic carbocycles. The lowest BCUT2D eigenvalue weighted by molar-refractivity contribution is 0.141. The maximum Gasteiger partial charge on any atom is 0.117 e. The minimum Gasteiger partial charge on any atom is -0.468 e. The molecule has 0 atom stereocenters. The predicted octanol–water partition coefficient (Wildman–Crippen LogP) is 0.687. The third-order valence-electron chi connectivity index (χ3n) is 2.02. The zero-order chi connectivity index (χ0) is 10.2. The molecule has 0 amide bonds. The van der Waals surface area contributed by atoms with E-state index in [2.05, 4.69) is 4.90 Å². The van der Waals surface area contributed by atoms with Crippen molar-refractivity contribution in [3.63, 3.8) is 0 Å². The molecule has 0 spiro atoms. The summed E-state index contributed by atoms with van der Waals surface area (Å²) in [5, 5.41) is 0. The van der Waals surface area contributed by atoms with Crippen LogP contribution < -0.4 is 5.73 Å². The van der Waals surface area contributed by atoms with Gasteiger partial charge < -0.3 is 14.9 Å². The molecule has 1 rings (SSSR count). The highest BCUT2D eigenvalue weighted by atomic mass is 16.5. The number of methoxy groups -OCH3 is 1. The van der Waals surface area contributed by atoms with Crippen LogP contribution in [0.5, 0.6) is 0 Å². The smallest absolute Gasteiger partial charge is 0.117 e. The molecule has 1 aromatic rings. The van der Waals surface area contributed by atoms with Gasteiger partial charge in [0, 0.05) is 26.7 Å². The molecule has 2 N–H and O–H groups in total. The van der Waals surface area contributed by atoms with E-state index in [4.69, 9.17) is 14.9 Å². The van der Waals surface area contributed by atoms with Crippen LogP contribution in [0.25, 0.3) is 0 Å².